The van der Waals surface area contributed by atoms with Crippen LogP contribution in [-0.4, -0.2) is 13.7 Å². The molecule has 0 unspecified atom stereocenters. The van der Waals surface area contributed by atoms with Crippen LogP contribution in [0.15, 0.2) is 18.2 Å². The minimum absolute atomic E-state index is 0.193. The summed E-state index contributed by atoms with van der Waals surface area (Å²) in [6, 6.07) is 4.89. The molecule has 14 heavy (non-hydrogen) atoms. The summed E-state index contributed by atoms with van der Waals surface area (Å²) in [4.78, 5) is 0. The van der Waals surface area contributed by atoms with Crippen LogP contribution in [0.1, 0.15) is 18.4 Å². The third-order valence-electron chi connectivity index (χ3n) is 2.18. The Labute approximate surface area is 83.9 Å². The smallest absolute Gasteiger partial charge is 0.130 e. The van der Waals surface area contributed by atoms with E-state index >= 15 is 0 Å². The highest BCUT2D eigenvalue weighted by Gasteiger charge is 2.07. The number of rotatable bonds is 5. The molecule has 1 aromatic carbocycles. The van der Waals surface area contributed by atoms with E-state index in [0.29, 0.717) is 24.3 Å². The fourth-order valence-electron chi connectivity index (χ4n) is 1.42. The standard InChI is InChI=1S/C11H16FNO/c1-14-11-7-4-6-10(12)9(11)5-2-3-8-13/h4,6-7H,2-3,5,8,13H2,1H3. The van der Waals surface area contributed by atoms with Crippen molar-refractivity contribution >= 4 is 0 Å². The van der Waals surface area contributed by atoms with Crippen LogP contribution < -0.4 is 10.5 Å². The fraction of sp³-hybridized carbons (Fsp3) is 0.455. The zero-order chi connectivity index (χ0) is 10.4. The van der Waals surface area contributed by atoms with Crippen molar-refractivity contribution in [2.75, 3.05) is 13.7 Å². The lowest BCUT2D eigenvalue weighted by atomic mass is 10.1. The first-order valence-electron chi connectivity index (χ1n) is 4.81. The topological polar surface area (TPSA) is 35.2 Å². The molecule has 0 atom stereocenters. The summed E-state index contributed by atoms with van der Waals surface area (Å²) in [5.74, 6) is 0.434. The van der Waals surface area contributed by atoms with Crippen LogP contribution in [0.5, 0.6) is 5.75 Å². The summed E-state index contributed by atoms with van der Waals surface area (Å²) in [7, 11) is 1.56. The number of unbranched alkanes of at least 4 members (excludes halogenated alkanes) is 1. The summed E-state index contributed by atoms with van der Waals surface area (Å²) in [5, 5.41) is 0. The molecule has 78 valence electrons. The van der Waals surface area contributed by atoms with Gasteiger partial charge in [0, 0.05) is 5.56 Å². The normalized spacial score (nSPS) is 10.2. The Hall–Kier alpha value is -1.09. The van der Waals surface area contributed by atoms with Gasteiger partial charge in [-0.05, 0) is 37.9 Å². The van der Waals surface area contributed by atoms with E-state index in [1.54, 1.807) is 19.2 Å². The van der Waals surface area contributed by atoms with Gasteiger partial charge in [0.25, 0.3) is 0 Å². The lowest BCUT2D eigenvalue weighted by molar-refractivity contribution is 0.403. The number of nitrogens with two attached hydrogens (primary N) is 1. The quantitative estimate of drug-likeness (QED) is 0.734. The lowest BCUT2D eigenvalue weighted by Gasteiger charge is -2.08. The summed E-state index contributed by atoms with van der Waals surface area (Å²) in [6.07, 6.45) is 2.50. The van der Waals surface area contributed by atoms with E-state index in [-0.39, 0.29) is 5.82 Å². The molecule has 0 aliphatic rings. The Bertz CT molecular complexity index is 289. The number of hydrogen-bond acceptors (Lipinski definition) is 2. The van der Waals surface area contributed by atoms with Crippen LogP contribution >= 0.6 is 0 Å². The SMILES string of the molecule is COc1cccc(F)c1CCCCN. The van der Waals surface area contributed by atoms with Crippen molar-refractivity contribution in [3.8, 4) is 5.75 Å². The largest absolute Gasteiger partial charge is 0.496 e. The van der Waals surface area contributed by atoms with E-state index in [1.807, 2.05) is 0 Å². The Morgan fingerprint density at radius 2 is 2.14 bits per heavy atom. The maximum absolute atomic E-state index is 13.4. The van der Waals surface area contributed by atoms with Crippen molar-refractivity contribution in [2.24, 2.45) is 5.73 Å². The van der Waals surface area contributed by atoms with Crippen molar-refractivity contribution in [2.45, 2.75) is 19.3 Å². The number of hydrogen-bond donors (Lipinski definition) is 1. The number of benzene rings is 1. The van der Waals surface area contributed by atoms with Crippen molar-refractivity contribution in [3.63, 3.8) is 0 Å². The second kappa shape index (κ2) is 5.60. The molecular weight excluding hydrogens is 181 g/mol. The van der Waals surface area contributed by atoms with Gasteiger partial charge in [-0.3, -0.25) is 0 Å². The third-order valence-corrected chi connectivity index (χ3v) is 2.18. The maximum Gasteiger partial charge on any atom is 0.130 e. The average molecular weight is 197 g/mol. The van der Waals surface area contributed by atoms with Crippen LogP contribution in [0.4, 0.5) is 4.39 Å². The summed E-state index contributed by atoms with van der Waals surface area (Å²) in [5.41, 5.74) is 6.03. The van der Waals surface area contributed by atoms with Gasteiger partial charge in [0.2, 0.25) is 0 Å². The Balaban J connectivity index is 2.72. The molecular formula is C11H16FNO. The van der Waals surface area contributed by atoms with E-state index in [2.05, 4.69) is 0 Å². The Morgan fingerprint density at radius 1 is 1.36 bits per heavy atom. The van der Waals surface area contributed by atoms with Gasteiger partial charge in [0.15, 0.2) is 0 Å². The van der Waals surface area contributed by atoms with Crippen LogP contribution in [0.2, 0.25) is 0 Å². The van der Waals surface area contributed by atoms with Crippen molar-refractivity contribution in [1.29, 1.82) is 0 Å². The van der Waals surface area contributed by atoms with Gasteiger partial charge in [-0.1, -0.05) is 6.07 Å². The first kappa shape index (κ1) is 11.0. The molecule has 0 heterocycles. The second-order valence-electron chi connectivity index (χ2n) is 3.17. The summed E-state index contributed by atoms with van der Waals surface area (Å²) in [6.45, 7) is 0.650. The number of methoxy groups -OCH3 is 1. The molecule has 2 nitrogen and oxygen atoms in total. The summed E-state index contributed by atoms with van der Waals surface area (Å²) < 4.78 is 18.4. The van der Waals surface area contributed by atoms with Crippen LogP contribution in [-0.2, 0) is 6.42 Å². The molecule has 0 aliphatic carbocycles. The minimum atomic E-state index is -0.193. The molecule has 1 aromatic rings. The highest BCUT2D eigenvalue weighted by atomic mass is 19.1. The van der Waals surface area contributed by atoms with Gasteiger partial charge in [0.1, 0.15) is 11.6 Å². The summed E-state index contributed by atoms with van der Waals surface area (Å²) >= 11 is 0. The first-order chi connectivity index (χ1) is 6.79. The predicted molar refractivity (Wildman–Crippen MR) is 54.9 cm³/mol. The molecule has 3 heteroatoms. The molecule has 0 saturated carbocycles. The molecule has 0 fully saturated rings. The van der Waals surface area contributed by atoms with Gasteiger partial charge in [-0.2, -0.15) is 0 Å². The van der Waals surface area contributed by atoms with Crippen LogP contribution in [0.25, 0.3) is 0 Å². The highest BCUT2D eigenvalue weighted by Crippen LogP contribution is 2.22. The fourth-order valence-corrected chi connectivity index (χ4v) is 1.42. The van der Waals surface area contributed by atoms with E-state index in [0.717, 1.165) is 12.8 Å². The molecule has 0 bridgehead atoms. The Kier molecular flexibility index (Phi) is 4.40. The third kappa shape index (κ3) is 2.70. The molecule has 1 rings (SSSR count). The average Bonchev–Trinajstić information content (AvgIpc) is 2.20. The zero-order valence-corrected chi connectivity index (χ0v) is 8.42. The van der Waals surface area contributed by atoms with Gasteiger partial charge in [0.05, 0.1) is 7.11 Å². The van der Waals surface area contributed by atoms with E-state index in [4.69, 9.17) is 10.5 Å². The minimum Gasteiger partial charge on any atom is -0.496 e. The highest BCUT2D eigenvalue weighted by molar-refractivity contribution is 5.34. The lowest BCUT2D eigenvalue weighted by Crippen LogP contribution is -2.01. The maximum atomic E-state index is 13.4. The first-order valence-corrected chi connectivity index (χ1v) is 4.81. The Morgan fingerprint density at radius 3 is 2.79 bits per heavy atom. The van der Waals surface area contributed by atoms with E-state index in [1.165, 1.54) is 6.07 Å². The molecule has 0 spiro atoms. The van der Waals surface area contributed by atoms with Crippen molar-refractivity contribution in [1.82, 2.24) is 0 Å². The molecule has 0 saturated heterocycles. The second-order valence-corrected chi connectivity index (χ2v) is 3.17. The zero-order valence-electron chi connectivity index (χ0n) is 8.42. The monoisotopic (exact) mass is 197 g/mol. The predicted octanol–water partition coefficient (Wildman–Crippen LogP) is 2.12. The van der Waals surface area contributed by atoms with Crippen LogP contribution in [0, 0.1) is 5.82 Å². The molecule has 2 N–H and O–H groups in total. The van der Waals surface area contributed by atoms with Gasteiger partial charge < -0.3 is 10.5 Å². The van der Waals surface area contributed by atoms with E-state index in [9.17, 15) is 4.39 Å². The molecule has 0 aliphatic heterocycles. The number of halogens is 1. The number of ether oxygens (including phenoxy) is 1. The van der Waals surface area contributed by atoms with Crippen LogP contribution in [0.3, 0.4) is 0 Å². The van der Waals surface area contributed by atoms with E-state index < -0.39 is 0 Å². The van der Waals surface area contributed by atoms with Gasteiger partial charge >= 0.3 is 0 Å². The van der Waals surface area contributed by atoms with Gasteiger partial charge in [-0.25, -0.2) is 4.39 Å². The van der Waals surface area contributed by atoms with Crippen molar-refractivity contribution in [3.05, 3.63) is 29.6 Å². The van der Waals surface area contributed by atoms with Crippen molar-refractivity contribution < 1.29 is 9.13 Å². The molecule has 0 radical (unpaired) electrons. The molecule has 0 amide bonds. The molecule has 0 aromatic heterocycles. The van der Waals surface area contributed by atoms with Gasteiger partial charge in [-0.15, -0.1) is 0 Å².